The van der Waals surface area contributed by atoms with Crippen LogP contribution in [0.25, 0.3) is 0 Å². The van der Waals surface area contributed by atoms with Gasteiger partial charge in [0.05, 0.1) is 0 Å². The van der Waals surface area contributed by atoms with Gasteiger partial charge in [0.25, 0.3) is 0 Å². The zero-order chi connectivity index (χ0) is 14.1. The van der Waals surface area contributed by atoms with Crippen LogP contribution in [0.2, 0.25) is 0 Å². The van der Waals surface area contributed by atoms with E-state index < -0.39 is 0 Å². The van der Waals surface area contributed by atoms with Gasteiger partial charge in [-0.3, -0.25) is 0 Å². The van der Waals surface area contributed by atoms with E-state index in [-0.39, 0.29) is 0 Å². The molecule has 1 heteroatoms. The van der Waals surface area contributed by atoms with Crippen LogP contribution in [0.5, 0.6) is 0 Å². The number of rotatable bonds is 9. The van der Waals surface area contributed by atoms with Crippen LogP contribution in [0.4, 0.5) is 0 Å². The lowest BCUT2D eigenvalue weighted by Crippen LogP contribution is -2.31. The maximum atomic E-state index is 3.71. The predicted octanol–water partition coefficient (Wildman–Crippen LogP) is 4.79. The zero-order valence-electron chi connectivity index (χ0n) is 13.3. The second kappa shape index (κ2) is 9.14. The van der Waals surface area contributed by atoms with Crippen LogP contribution in [0.1, 0.15) is 62.6 Å². The first-order chi connectivity index (χ1) is 9.17. The third kappa shape index (κ3) is 6.24. The van der Waals surface area contributed by atoms with E-state index in [0.29, 0.717) is 6.04 Å². The summed E-state index contributed by atoms with van der Waals surface area (Å²) in [4.78, 5) is 0. The van der Waals surface area contributed by atoms with E-state index in [1.165, 1.54) is 55.2 Å². The average Bonchev–Trinajstić information content (AvgIpc) is 2.40. The van der Waals surface area contributed by atoms with Gasteiger partial charge in [-0.25, -0.2) is 0 Å². The zero-order valence-corrected chi connectivity index (χ0v) is 13.3. The molecule has 0 aliphatic rings. The molecule has 1 nitrogen and oxygen atoms in total. The summed E-state index contributed by atoms with van der Waals surface area (Å²) in [6.07, 6.45) is 7.72. The van der Waals surface area contributed by atoms with Crippen molar-refractivity contribution in [3.8, 4) is 0 Å². The van der Waals surface area contributed by atoms with Gasteiger partial charge in [0, 0.05) is 6.04 Å². The molecule has 1 atom stereocenters. The quantitative estimate of drug-likeness (QED) is 0.630. The van der Waals surface area contributed by atoms with E-state index in [2.05, 4.69) is 51.2 Å². The highest BCUT2D eigenvalue weighted by atomic mass is 14.9. The first kappa shape index (κ1) is 16.2. The van der Waals surface area contributed by atoms with Crippen molar-refractivity contribution in [3.05, 3.63) is 34.9 Å². The molecular formula is C18H31N. The van der Waals surface area contributed by atoms with E-state index in [9.17, 15) is 0 Å². The summed E-state index contributed by atoms with van der Waals surface area (Å²) >= 11 is 0. The number of hydrogen-bond donors (Lipinski definition) is 1. The Balaban J connectivity index is 2.56. The summed E-state index contributed by atoms with van der Waals surface area (Å²) in [6, 6.07) is 7.56. The molecule has 1 rings (SSSR count). The van der Waals surface area contributed by atoms with Crippen molar-refractivity contribution in [2.45, 2.75) is 72.3 Å². The van der Waals surface area contributed by atoms with Gasteiger partial charge in [0.2, 0.25) is 0 Å². The fraction of sp³-hybridized carbons (Fsp3) is 0.667. The monoisotopic (exact) mass is 261 g/mol. The van der Waals surface area contributed by atoms with Crippen molar-refractivity contribution in [1.29, 1.82) is 0 Å². The highest BCUT2D eigenvalue weighted by Gasteiger charge is 2.09. The lowest BCUT2D eigenvalue weighted by atomic mass is 9.97. The van der Waals surface area contributed by atoms with Gasteiger partial charge in [-0.2, -0.15) is 0 Å². The Morgan fingerprint density at radius 1 is 1.00 bits per heavy atom. The summed E-state index contributed by atoms with van der Waals surface area (Å²) in [7, 11) is 0. The molecule has 0 spiro atoms. The molecule has 0 radical (unpaired) electrons. The van der Waals surface area contributed by atoms with Gasteiger partial charge >= 0.3 is 0 Å². The number of aryl methyl sites for hydroxylation is 2. The summed E-state index contributed by atoms with van der Waals surface area (Å²) < 4.78 is 0. The third-order valence-corrected chi connectivity index (χ3v) is 3.89. The molecule has 108 valence electrons. The molecule has 19 heavy (non-hydrogen) atoms. The molecular weight excluding hydrogens is 230 g/mol. The van der Waals surface area contributed by atoms with Crippen LogP contribution < -0.4 is 5.32 Å². The molecule has 0 heterocycles. The first-order valence-corrected chi connectivity index (χ1v) is 7.96. The van der Waals surface area contributed by atoms with Crippen LogP contribution in [-0.4, -0.2) is 12.6 Å². The third-order valence-electron chi connectivity index (χ3n) is 3.89. The van der Waals surface area contributed by atoms with Gasteiger partial charge in [-0.15, -0.1) is 0 Å². The second-order valence-corrected chi connectivity index (χ2v) is 5.77. The molecule has 0 saturated heterocycles. The highest BCUT2D eigenvalue weighted by molar-refractivity contribution is 5.30. The number of nitrogens with one attached hydrogen (secondary N) is 1. The van der Waals surface area contributed by atoms with E-state index >= 15 is 0 Å². The van der Waals surface area contributed by atoms with Crippen molar-refractivity contribution < 1.29 is 0 Å². The molecule has 0 amide bonds. The fourth-order valence-corrected chi connectivity index (χ4v) is 2.48. The second-order valence-electron chi connectivity index (χ2n) is 5.77. The molecule has 0 aliphatic carbocycles. The lowest BCUT2D eigenvalue weighted by Gasteiger charge is -2.19. The highest BCUT2D eigenvalue weighted by Crippen LogP contribution is 2.14. The van der Waals surface area contributed by atoms with E-state index in [1.807, 2.05) is 0 Å². The van der Waals surface area contributed by atoms with Gasteiger partial charge in [-0.1, -0.05) is 51.3 Å². The number of benzene rings is 1. The molecule has 0 saturated carbocycles. The molecule has 1 unspecified atom stereocenters. The summed E-state index contributed by atoms with van der Waals surface area (Å²) in [5.41, 5.74) is 4.29. The number of hydrogen-bond acceptors (Lipinski definition) is 1. The smallest absolute Gasteiger partial charge is 0.0107 e. The minimum atomic E-state index is 0.647. The Kier molecular flexibility index (Phi) is 7.81. The molecule has 0 fully saturated rings. The first-order valence-electron chi connectivity index (χ1n) is 7.96. The molecule has 1 aromatic carbocycles. The van der Waals surface area contributed by atoms with Crippen molar-refractivity contribution in [1.82, 2.24) is 5.32 Å². The van der Waals surface area contributed by atoms with Crippen LogP contribution in [0.3, 0.4) is 0 Å². The SMILES string of the molecule is CCCCCC(Cc1ccc(C)c(C)c1)NCCC. The van der Waals surface area contributed by atoms with Gasteiger partial charge in [0.15, 0.2) is 0 Å². The van der Waals surface area contributed by atoms with E-state index in [4.69, 9.17) is 0 Å². The fourth-order valence-electron chi connectivity index (χ4n) is 2.48. The Bertz CT molecular complexity index is 357. The molecule has 1 N–H and O–H groups in total. The average molecular weight is 261 g/mol. The Labute approximate surface area is 119 Å². The van der Waals surface area contributed by atoms with Crippen LogP contribution in [0, 0.1) is 13.8 Å². The van der Waals surface area contributed by atoms with Crippen LogP contribution >= 0.6 is 0 Å². The Morgan fingerprint density at radius 2 is 1.79 bits per heavy atom. The van der Waals surface area contributed by atoms with E-state index in [0.717, 1.165) is 6.54 Å². The topological polar surface area (TPSA) is 12.0 Å². The van der Waals surface area contributed by atoms with Gasteiger partial charge < -0.3 is 5.32 Å². The van der Waals surface area contributed by atoms with Gasteiger partial charge in [-0.05, 0) is 56.3 Å². The molecule has 0 aromatic heterocycles. The standard InChI is InChI=1S/C18H31N/c1-5-7-8-9-18(19-12-6-2)14-17-11-10-15(3)16(4)13-17/h10-11,13,18-19H,5-9,12,14H2,1-4H3. The molecule has 0 aliphatic heterocycles. The minimum Gasteiger partial charge on any atom is -0.314 e. The van der Waals surface area contributed by atoms with Crippen LogP contribution in [-0.2, 0) is 6.42 Å². The summed E-state index contributed by atoms with van der Waals surface area (Å²) in [5.74, 6) is 0. The summed E-state index contributed by atoms with van der Waals surface area (Å²) in [5, 5.41) is 3.71. The summed E-state index contributed by atoms with van der Waals surface area (Å²) in [6.45, 7) is 10.1. The maximum Gasteiger partial charge on any atom is 0.0107 e. The van der Waals surface area contributed by atoms with Crippen molar-refractivity contribution in [3.63, 3.8) is 0 Å². The molecule has 0 bridgehead atoms. The minimum absolute atomic E-state index is 0.647. The maximum absolute atomic E-state index is 3.71. The Hall–Kier alpha value is -0.820. The molecule has 1 aromatic rings. The normalized spacial score (nSPS) is 12.6. The largest absolute Gasteiger partial charge is 0.314 e. The Morgan fingerprint density at radius 3 is 2.42 bits per heavy atom. The predicted molar refractivity (Wildman–Crippen MR) is 85.8 cm³/mol. The number of unbranched alkanes of at least 4 members (excludes halogenated alkanes) is 2. The van der Waals surface area contributed by atoms with Crippen molar-refractivity contribution in [2.24, 2.45) is 0 Å². The van der Waals surface area contributed by atoms with Crippen molar-refractivity contribution in [2.75, 3.05) is 6.54 Å². The van der Waals surface area contributed by atoms with Crippen molar-refractivity contribution >= 4 is 0 Å². The van der Waals surface area contributed by atoms with E-state index in [1.54, 1.807) is 0 Å². The lowest BCUT2D eigenvalue weighted by molar-refractivity contribution is 0.456. The van der Waals surface area contributed by atoms with Crippen LogP contribution in [0.15, 0.2) is 18.2 Å². The van der Waals surface area contributed by atoms with Gasteiger partial charge in [0.1, 0.15) is 0 Å².